The van der Waals surface area contributed by atoms with Gasteiger partial charge in [0.25, 0.3) is 5.91 Å². The monoisotopic (exact) mass is 314 g/mol. The lowest BCUT2D eigenvalue weighted by molar-refractivity contribution is -0.120. The third-order valence-corrected chi connectivity index (χ3v) is 4.28. The number of benzene rings is 1. The first-order valence-corrected chi connectivity index (χ1v) is 8.12. The second-order valence-electron chi connectivity index (χ2n) is 6.13. The SMILES string of the molecule is COc1ccc(NC(=O)C2CC=CCC2)c(C(=O)NC2CC2)c1. The van der Waals surface area contributed by atoms with Crippen LogP contribution in [-0.2, 0) is 4.79 Å². The zero-order valence-electron chi connectivity index (χ0n) is 13.3. The average Bonchev–Trinajstić information content (AvgIpc) is 3.39. The number of allylic oxidation sites excluding steroid dienone is 2. The summed E-state index contributed by atoms with van der Waals surface area (Å²) in [6, 6.07) is 5.43. The van der Waals surface area contributed by atoms with E-state index in [0.717, 1.165) is 32.1 Å². The standard InChI is InChI=1S/C18H22N2O3/c1-23-14-9-10-16(15(11-14)18(22)19-13-7-8-13)20-17(21)12-5-3-2-4-6-12/h2-3,9-13H,4-8H2,1H3,(H,19,22)(H,20,21). The van der Waals surface area contributed by atoms with E-state index in [-0.39, 0.29) is 23.8 Å². The van der Waals surface area contributed by atoms with E-state index >= 15 is 0 Å². The number of anilines is 1. The lowest BCUT2D eigenvalue weighted by atomic mass is 9.93. The Morgan fingerprint density at radius 2 is 2.00 bits per heavy atom. The summed E-state index contributed by atoms with van der Waals surface area (Å²) in [5, 5.41) is 5.87. The second kappa shape index (κ2) is 6.86. The summed E-state index contributed by atoms with van der Waals surface area (Å²) in [4.78, 5) is 24.8. The van der Waals surface area contributed by atoms with Crippen LogP contribution in [0.5, 0.6) is 5.75 Å². The molecule has 2 amide bonds. The van der Waals surface area contributed by atoms with Gasteiger partial charge in [0.05, 0.1) is 18.4 Å². The molecule has 0 radical (unpaired) electrons. The van der Waals surface area contributed by atoms with E-state index in [1.165, 1.54) is 0 Å². The minimum atomic E-state index is -0.162. The van der Waals surface area contributed by atoms with Crippen molar-refractivity contribution in [2.45, 2.75) is 38.1 Å². The van der Waals surface area contributed by atoms with Gasteiger partial charge in [-0.05, 0) is 50.3 Å². The Bertz CT molecular complexity index is 635. The molecule has 0 aliphatic heterocycles. The highest BCUT2D eigenvalue weighted by Crippen LogP contribution is 2.26. The zero-order valence-corrected chi connectivity index (χ0v) is 13.3. The first-order valence-electron chi connectivity index (χ1n) is 8.12. The van der Waals surface area contributed by atoms with Crippen LogP contribution in [0, 0.1) is 5.92 Å². The highest BCUT2D eigenvalue weighted by atomic mass is 16.5. The fourth-order valence-corrected chi connectivity index (χ4v) is 2.70. The minimum absolute atomic E-state index is 0.0264. The number of hydrogen-bond donors (Lipinski definition) is 2. The number of carbonyl (C=O) groups is 2. The molecule has 1 atom stereocenters. The Morgan fingerprint density at radius 3 is 2.65 bits per heavy atom. The van der Waals surface area contributed by atoms with Crippen molar-refractivity contribution < 1.29 is 14.3 Å². The molecule has 1 aromatic carbocycles. The molecule has 122 valence electrons. The number of methoxy groups -OCH3 is 1. The van der Waals surface area contributed by atoms with Crippen molar-refractivity contribution in [3.8, 4) is 5.75 Å². The summed E-state index contributed by atoms with van der Waals surface area (Å²) >= 11 is 0. The van der Waals surface area contributed by atoms with Crippen LogP contribution in [0.1, 0.15) is 42.5 Å². The van der Waals surface area contributed by atoms with E-state index < -0.39 is 0 Å². The smallest absolute Gasteiger partial charge is 0.253 e. The fourth-order valence-electron chi connectivity index (χ4n) is 2.70. The summed E-state index contributed by atoms with van der Waals surface area (Å²) in [6.45, 7) is 0. The van der Waals surface area contributed by atoms with Gasteiger partial charge in [-0.2, -0.15) is 0 Å². The van der Waals surface area contributed by atoms with Gasteiger partial charge in [0, 0.05) is 12.0 Å². The average molecular weight is 314 g/mol. The Hall–Kier alpha value is -2.30. The van der Waals surface area contributed by atoms with Crippen LogP contribution >= 0.6 is 0 Å². The Morgan fingerprint density at radius 1 is 1.17 bits per heavy atom. The molecule has 0 saturated heterocycles. The predicted molar refractivity (Wildman–Crippen MR) is 88.6 cm³/mol. The molecular weight excluding hydrogens is 292 g/mol. The van der Waals surface area contributed by atoms with Gasteiger partial charge in [0.1, 0.15) is 5.75 Å². The molecule has 1 fully saturated rings. The van der Waals surface area contributed by atoms with Crippen LogP contribution in [-0.4, -0.2) is 25.0 Å². The fraction of sp³-hybridized carbons (Fsp3) is 0.444. The van der Waals surface area contributed by atoms with Gasteiger partial charge in [-0.15, -0.1) is 0 Å². The van der Waals surface area contributed by atoms with E-state index in [0.29, 0.717) is 17.0 Å². The molecule has 5 nitrogen and oxygen atoms in total. The Balaban J connectivity index is 1.77. The van der Waals surface area contributed by atoms with Crippen molar-refractivity contribution in [3.05, 3.63) is 35.9 Å². The van der Waals surface area contributed by atoms with Gasteiger partial charge in [-0.3, -0.25) is 9.59 Å². The van der Waals surface area contributed by atoms with Crippen LogP contribution in [0.4, 0.5) is 5.69 Å². The lowest BCUT2D eigenvalue weighted by Gasteiger charge is -2.19. The van der Waals surface area contributed by atoms with Crippen molar-refractivity contribution in [1.82, 2.24) is 5.32 Å². The molecular formula is C18H22N2O3. The van der Waals surface area contributed by atoms with Crippen molar-refractivity contribution in [2.24, 2.45) is 5.92 Å². The van der Waals surface area contributed by atoms with Crippen LogP contribution in [0.25, 0.3) is 0 Å². The summed E-state index contributed by atoms with van der Waals surface area (Å²) in [5.41, 5.74) is 0.999. The largest absolute Gasteiger partial charge is 0.497 e. The van der Waals surface area contributed by atoms with Crippen LogP contribution in [0.2, 0.25) is 0 Å². The van der Waals surface area contributed by atoms with Crippen molar-refractivity contribution in [1.29, 1.82) is 0 Å². The normalized spacial score (nSPS) is 20.0. The van der Waals surface area contributed by atoms with Gasteiger partial charge in [-0.25, -0.2) is 0 Å². The molecule has 2 N–H and O–H groups in total. The topological polar surface area (TPSA) is 67.4 Å². The number of hydrogen-bond acceptors (Lipinski definition) is 3. The number of amides is 2. The van der Waals surface area contributed by atoms with E-state index in [4.69, 9.17) is 4.74 Å². The molecule has 23 heavy (non-hydrogen) atoms. The van der Waals surface area contributed by atoms with Crippen LogP contribution in [0.15, 0.2) is 30.4 Å². The number of carbonyl (C=O) groups excluding carboxylic acids is 2. The Labute approximate surface area is 136 Å². The Kier molecular flexibility index (Phi) is 4.65. The summed E-state index contributed by atoms with van der Waals surface area (Å²) in [5.74, 6) is 0.385. The predicted octanol–water partition coefficient (Wildman–Crippen LogP) is 2.88. The van der Waals surface area contributed by atoms with Crippen LogP contribution in [0.3, 0.4) is 0 Å². The molecule has 1 unspecified atom stereocenters. The molecule has 0 aromatic heterocycles. The lowest BCUT2D eigenvalue weighted by Crippen LogP contribution is -2.28. The van der Waals surface area contributed by atoms with E-state index in [2.05, 4.69) is 16.7 Å². The quantitative estimate of drug-likeness (QED) is 0.821. The minimum Gasteiger partial charge on any atom is -0.497 e. The molecule has 0 spiro atoms. The third kappa shape index (κ3) is 3.92. The van der Waals surface area contributed by atoms with Gasteiger partial charge in [0.2, 0.25) is 5.91 Å². The molecule has 2 aliphatic rings. The van der Waals surface area contributed by atoms with Gasteiger partial charge < -0.3 is 15.4 Å². The van der Waals surface area contributed by atoms with E-state index in [1.54, 1.807) is 25.3 Å². The summed E-state index contributed by atoms with van der Waals surface area (Å²) in [7, 11) is 1.56. The number of rotatable bonds is 5. The summed E-state index contributed by atoms with van der Waals surface area (Å²) in [6.07, 6.45) is 8.72. The highest BCUT2D eigenvalue weighted by Gasteiger charge is 2.26. The number of nitrogens with one attached hydrogen (secondary N) is 2. The van der Waals surface area contributed by atoms with Crippen molar-refractivity contribution in [2.75, 3.05) is 12.4 Å². The van der Waals surface area contributed by atoms with Gasteiger partial charge in [0.15, 0.2) is 0 Å². The molecule has 3 rings (SSSR count). The van der Waals surface area contributed by atoms with E-state index in [9.17, 15) is 9.59 Å². The third-order valence-electron chi connectivity index (χ3n) is 4.28. The summed E-state index contributed by atoms with van der Waals surface area (Å²) < 4.78 is 5.20. The first-order chi connectivity index (χ1) is 11.2. The van der Waals surface area contributed by atoms with Crippen molar-refractivity contribution >= 4 is 17.5 Å². The first kappa shape index (κ1) is 15.6. The molecule has 1 saturated carbocycles. The molecule has 0 bridgehead atoms. The van der Waals surface area contributed by atoms with Gasteiger partial charge in [-0.1, -0.05) is 12.2 Å². The maximum absolute atomic E-state index is 12.4. The van der Waals surface area contributed by atoms with E-state index in [1.807, 2.05) is 6.08 Å². The van der Waals surface area contributed by atoms with Gasteiger partial charge >= 0.3 is 0 Å². The molecule has 0 heterocycles. The molecule has 5 heteroatoms. The maximum atomic E-state index is 12.4. The van der Waals surface area contributed by atoms with Crippen LogP contribution < -0.4 is 15.4 Å². The molecule has 1 aromatic rings. The second-order valence-corrected chi connectivity index (χ2v) is 6.13. The molecule has 2 aliphatic carbocycles. The maximum Gasteiger partial charge on any atom is 0.253 e. The zero-order chi connectivity index (χ0) is 16.2. The number of ether oxygens (including phenoxy) is 1. The van der Waals surface area contributed by atoms with Crippen molar-refractivity contribution in [3.63, 3.8) is 0 Å². The highest BCUT2D eigenvalue weighted by molar-refractivity contribution is 6.04.